The molecule has 2 aromatic carbocycles. The normalized spacial score (nSPS) is 14.0. The van der Waals surface area contributed by atoms with E-state index in [9.17, 15) is 4.39 Å². The minimum absolute atomic E-state index is 0.0217. The topological polar surface area (TPSA) is 45.0 Å². The lowest BCUT2D eigenvalue weighted by molar-refractivity contribution is 0.357. The molecular weight excluding hydrogens is 267 g/mol. The first-order valence-corrected chi connectivity index (χ1v) is 6.89. The molecule has 1 atom stereocenters. The lowest BCUT2D eigenvalue weighted by Gasteiger charge is -2.17. The van der Waals surface area contributed by atoms with Gasteiger partial charge in [-0.2, -0.15) is 5.26 Å². The highest BCUT2D eigenvalue weighted by Gasteiger charge is 2.15. The van der Waals surface area contributed by atoms with Crippen molar-refractivity contribution < 1.29 is 9.13 Å². The highest BCUT2D eigenvalue weighted by molar-refractivity contribution is 5.58. The summed E-state index contributed by atoms with van der Waals surface area (Å²) in [6, 6.07) is 12.3. The number of nitriles is 1. The predicted molar refractivity (Wildman–Crippen MR) is 78.8 cm³/mol. The van der Waals surface area contributed by atoms with Crippen LogP contribution in [0.2, 0.25) is 0 Å². The zero-order chi connectivity index (χ0) is 14.8. The van der Waals surface area contributed by atoms with E-state index in [1.165, 1.54) is 17.7 Å². The molecule has 0 saturated heterocycles. The molecule has 3 nitrogen and oxygen atoms in total. The van der Waals surface area contributed by atoms with Gasteiger partial charge in [-0.15, -0.1) is 0 Å². The molecule has 3 rings (SSSR count). The van der Waals surface area contributed by atoms with Gasteiger partial charge in [-0.25, -0.2) is 4.39 Å². The fourth-order valence-corrected chi connectivity index (χ4v) is 2.53. The van der Waals surface area contributed by atoms with Gasteiger partial charge in [0, 0.05) is 12.5 Å². The van der Waals surface area contributed by atoms with Gasteiger partial charge in [0.1, 0.15) is 17.6 Å². The van der Waals surface area contributed by atoms with Crippen LogP contribution in [-0.2, 0) is 6.42 Å². The average Bonchev–Trinajstić information content (AvgIpc) is 2.96. The molecule has 0 bridgehead atoms. The Morgan fingerprint density at radius 2 is 2.14 bits per heavy atom. The van der Waals surface area contributed by atoms with Crippen molar-refractivity contribution >= 4 is 5.69 Å². The second kappa shape index (κ2) is 5.45. The molecule has 0 aliphatic carbocycles. The van der Waals surface area contributed by atoms with Gasteiger partial charge in [0.25, 0.3) is 0 Å². The van der Waals surface area contributed by atoms with E-state index in [1.54, 1.807) is 6.07 Å². The van der Waals surface area contributed by atoms with Gasteiger partial charge in [0.15, 0.2) is 0 Å². The molecule has 21 heavy (non-hydrogen) atoms. The number of rotatable bonds is 3. The Morgan fingerprint density at radius 3 is 2.95 bits per heavy atom. The van der Waals surface area contributed by atoms with Crippen LogP contribution in [0, 0.1) is 17.1 Å². The van der Waals surface area contributed by atoms with Gasteiger partial charge < -0.3 is 10.1 Å². The number of nitrogens with zero attached hydrogens (tertiary/aromatic N) is 1. The van der Waals surface area contributed by atoms with Gasteiger partial charge in [0.2, 0.25) is 0 Å². The Balaban J connectivity index is 1.84. The molecular formula is C17H15FN2O. The number of hydrogen-bond donors (Lipinski definition) is 1. The van der Waals surface area contributed by atoms with Crippen molar-refractivity contribution in [1.82, 2.24) is 0 Å². The summed E-state index contributed by atoms with van der Waals surface area (Å²) in [5.41, 5.74) is 3.28. The number of ether oxygens (including phenoxy) is 1. The largest absolute Gasteiger partial charge is 0.493 e. The molecule has 0 aromatic heterocycles. The molecule has 1 unspecified atom stereocenters. The van der Waals surface area contributed by atoms with Crippen LogP contribution >= 0.6 is 0 Å². The number of fused-ring (bicyclic) bond motifs is 1. The Kier molecular flexibility index (Phi) is 3.49. The molecule has 0 spiro atoms. The van der Waals surface area contributed by atoms with E-state index in [4.69, 9.17) is 10.00 Å². The lowest BCUT2D eigenvalue weighted by Crippen LogP contribution is -2.08. The van der Waals surface area contributed by atoms with Crippen LogP contribution in [0.5, 0.6) is 5.75 Å². The first kappa shape index (κ1) is 13.4. The van der Waals surface area contributed by atoms with Crippen LogP contribution in [-0.4, -0.2) is 6.61 Å². The molecule has 1 heterocycles. The number of benzene rings is 2. The van der Waals surface area contributed by atoms with Crippen LogP contribution in [0.4, 0.5) is 10.1 Å². The van der Waals surface area contributed by atoms with Crippen LogP contribution in [0.15, 0.2) is 36.4 Å². The smallest absolute Gasteiger partial charge is 0.124 e. The second-order valence-electron chi connectivity index (χ2n) is 5.13. The molecule has 1 aliphatic heterocycles. The van der Waals surface area contributed by atoms with E-state index in [-0.39, 0.29) is 6.04 Å². The number of nitrogens with one attached hydrogen (secondary N) is 1. The highest BCUT2D eigenvalue weighted by Crippen LogP contribution is 2.30. The molecule has 0 radical (unpaired) electrons. The average molecular weight is 282 g/mol. The minimum Gasteiger partial charge on any atom is -0.493 e. The quantitative estimate of drug-likeness (QED) is 0.931. The minimum atomic E-state index is -0.403. The Labute approximate surface area is 123 Å². The third-order valence-electron chi connectivity index (χ3n) is 3.69. The SMILES string of the molecule is CC(Nc1ccc(F)cc1C#N)c1ccc2c(c1)CCO2. The zero-order valence-corrected chi connectivity index (χ0v) is 11.7. The maximum absolute atomic E-state index is 13.2. The fraction of sp³-hybridized carbons (Fsp3) is 0.235. The van der Waals surface area contributed by atoms with E-state index in [1.807, 2.05) is 25.1 Å². The van der Waals surface area contributed by atoms with E-state index < -0.39 is 5.82 Å². The summed E-state index contributed by atoms with van der Waals surface area (Å²) < 4.78 is 18.6. The fourth-order valence-electron chi connectivity index (χ4n) is 2.53. The van der Waals surface area contributed by atoms with E-state index >= 15 is 0 Å². The Morgan fingerprint density at radius 1 is 1.29 bits per heavy atom. The molecule has 0 saturated carbocycles. The summed E-state index contributed by atoms with van der Waals surface area (Å²) >= 11 is 0. The molecule has 106 valence electrons. The maximum Gasteiger partial charge on any atom is 0.124 e. The third kappa shape index (κ3) is 2.68. The number of hydrogen-bond acceptors (Lipinski definition) is 3. The number of halogens is 1. The van der Waals surface area contributed by atoms with Crippen LogP contribution in [0.25, 0.3) is 0 Å². The van der Waals surface area contributed by atoms with E-state index in [0.717, 1.165) is 24.3 Å². The first-order valence-electron chi connectivity index (χ1n) is 6.89. The van der Waals surface area contributed by atoms with Gasteiger partial charge in [0.05, 0.1) is 17.9 Å². The van der Waals surface area contributed by atoms with Crippen molar-refractivity contribution in [3.05, 3.63) is 58.9 Å². The zero-order valence-electron chi connectivity index (χ0n) is 11.7. The second-order valence-corrected chi connectivity index (χ2v) is 5.13. The summed E-state index contributed by atoms with van der Waals surface area (Å²) in [5, 5.41) is 12.3. The van der Waals surface area contributed by atoms with Crippen LogP contribution < -0.4 is 10.1 Å². The van der Waals surface area contributed by atoms with Crippen molar-refractivity contribution in [2.75, 3.05) is 11.9 Å². The summed E-state index contributed by atoms with van der Waals surface area (Å²) in [7, 11) is 0. The van der Waals surface area contributed by atoms with Crippen molar-refractivity contribution in [1.29, 1.82) is 5.26 Å². The molecule has 1 aliphatic rings. The van der Waals surface area contributed by atoms with Crippen molar-refractivity contribution in [3.63, 3.8) is 0 Å². The summed E-state index contributed by atoms with van der Waals surface area (Å²) in [6.45, 7) is 2.75. The summed E-state index contributed by atoms with van der Waals surface area (Å²) in [5.74, 6) is 0.546. The standard InChI is InChI=1S/C17H15FN2O/c1-11(12-2-5-17-13(8-12)6-7-21-17)20-16-4-3-15(18)9-14(16)10-19/h2-5,8-9,11,20H,6-7H2,1H3. The van der Waals surface area contributed by atoms with E-state index in [0.29, 0.717) is 11.3 Å². The van der Waals surface area contributed by atoms with Gasteiger partial charge in [-0.05, 0) is 48.4 Å². The first-order chi connectivity index (χ1) is 10.2. The summed E-state index contributed by atoms with van der Waals surface area (Å²) in [6.07, 6.45) is 0.926. The maximum atomic E-state index is 13.2. The highest BCUT2D eigenvalue weighted by atomic mass is 19.1. The molecule has 1 N–H and O–H groups in total. The molecule has 0 amide bonds. The van der Waals surface area contributed by atoms with Crippen molar-refractivity contribution in [2.45, 2.75) is 19.4 Å². The van der Waals surface area contributed by atoms with Gasteiger partial charge >= 0.3 is 0 Å². The molecule has 4 heteroatoms. The molecule has 0 fully saturated rings. The Bertz CT molecular complexity index is 721. The lowest BCUT2D eigenvalue weighted by atomic mass is 10.0. The summed E-state index contributed by atoms with van der Waals surface area (Å²) in [4.78, 5) is 0. The van der Waals surface area contributed by atoms with Crippen LogP contribution in [0.1, 0.15) is 29.7 Å². The van der Waals surface area contributed by atoms with E-state index in [2.05, 4.69) is 11.4 Å². The monoisotopic (exact) mass is 282 g/mol. The van der Waals surface area contributed by atoms with Gasteiger partial charge in [-0.1, -0.05) is 6.07 Å². The Hall–Kier alpha value is -2.54. The van der Waals surface area contributed by atoms with Crippen molar-refractivity contribution in [3.8, 4) is 11.8 Å². The third-order valence-corrected chi connectivity index (χ3v) is 3.69. The van der Waals surface area contributed by atoms with Gasteiger partial charge in [-0.3, -0.25) is 0 Å². The molecule has 2 aromatic rings. The number of anilines is 1. The van der Waals surface area contributed by atoms with Crippen molar-refractivity contribution in [2.24, 2.45) is 0 Å². The predicted octanol–water partition coefficient (Wildman–Crippen LogP) is 3.81. The van der Waals surface area contributed by atoms with Crippen LogP contribution in [0.3, 0.4) is 0 Å².